The molecule has 1 heterocycles. The normalized spacial score (nSPS) is 10.6. The third-order valence-electron chi connectivity index (χ3n) is 3.20. The Morgan fingerprint density at radius 3 is 2.57 bits per heavy atom. The monoisotopic (exact) mass is 309 g/mol. The maximum absolute atomic E-state index is 12.3. The van der Waals surface area contributed by atoms with Crippen LogP contribution >= 0.6 is 11.6 Å². The minimum Gasteiger partial charge on any atom is -0.508 e. The van der Waals surface area contributed by atoms with Gasteiger partial charge in [0.1, 0.15) is 17.3 Å². The number of alkyl halides is 1. The maximum Gasteiger partial charge on any atom is 0.289 e. The lowest BCUT2D eigenvalue weighted by Gasteiger charge is -2.16. The number of aryl methyl sites for hydroxylation is 1. The van der Waals surface area contributed by atoms with Gasteiger partial charge in [-0.3, -0.25) is 4.79 Å². The Morgan fingerprint density at radius 2 is 2.00 bits per heavy atom. The van der Waals surface area contributed by atoms with Crippen molar-refractivity contribution in [3.8, 4) is 11.5 Å². The van der Waals surface area contributed by atoms with Gasteiger partial charge in [0.25, 0.3) is 5.91 Å². The smallest absolute Gasteiger partial charge is 0.289 e. The largest absolute Gasteiger partial charge is 0.508 e. The van der Waals surface area contributed by atoms with Crippen LogP contribution in [0, 0.1) is 6.92 Å². The molecule has 0 aliphatic heterocycles. The van der Waals surface area contributed by atoms with Crippen molar-refractivity contribution in [3.63, 3.8) is 0 Å². The molecule has 21 heavy (non-hydrogen) atoms. The average Bonchev–Trinajstić information content (AvgIpc) is 2.82. The molecule has 2 aromatic rings. The highest BCUT2D eigenvalue weighted by molar-refractivity contribution is 6.17. The Bertz CT molecular complexity index is 666. The lowest BCUT2D eigenvalue weighted by atomic mass is 10.1. The number of carbonyl (C=O) groups is 1. The van der Waals surface area contributed by atoms with Gasteiger partial charge >= 0.3 is 0 Å². The summed E-state index contributed by atoms with van der Waals surface area (Å²) in [6.07, 6.45) is 0. The third-order valence-corrected chi connectivity index (χ3v) is 3.49. The fourth-order valence-corrected chi connectivity index (χ4v) is 2.22. The molecular weight excluding hydrogens is 294 g/mol. The zero-order chi connectivity index (χ0) is 15.6. The number of nitrogens with zero attached hydrogens (tertiary/aromatic N) is 1. The van der Waals surface area contributed by atoms with Gasteiger partial charge in [0.2, 0.25) is 0 Å². The summed E-state index contributed by atoms with van der Waals surface area (Å²) >= 11 is 5.75. The van der Waals surface area contributed by atoms with Gasteiger partial charge in [-0.05, 0) is 25.1 Å². The zero-order valence-electron chi connectivity index (χ0n) is 11.8. The second-order valence-electron chi connectivity index (χ2n) is 4.80. The van der Waals surface area contributed by atoms with Crippen molar-refractivity contribution in [1.29, 1.82) is 0 Å². The molecule has 0 fully saturated rings. The second kappa shape index (κ2) is 6.10. The molecule has 5 nitrogen and oxygen atoms in total. The van der Waals surface area contributed by atoms with Gasteiger partial charge in [0.15, 0.2) is 5.76 Å². The average molecular weight is 310 g/mol. The number of phenols is 2. The fraction of sp³-hybridized carbons (Fsp3) is 0.267. The summed E-state index contributed by atoms with van der Waals surface area (Å²) in [5, 5.41) is 19.0. The predicted octanol–water partition coefficient (Wildman–Crippen LogP) is 3.01. The van der Waals surface area contributed by atoms with Crippen LogP contribution in [0.5, 0.6) is 11.5 Å². The summed E-state index contributed by atoms with van der Waals surface area (Å²) in [6, 6.07) is 5.87. The van der Waals surface area contributed by atoms with Gasteiger partial charge in [-0.2, -0.15) is 0 Å². The molecular formula is C15H16ClNO4. The van der Waals surface area contributed by atoms with Gasteiger partial charge in [0, 0.05) is 30.8 Å². The number of benzene rings is 1. The van der Waals surface area contributed by atoms with Crippen molar-refractivity contribution in [2.45, 2.75) is 19.3 Å². The molecule has 0 aliphatic carbocycles. The summed E-state index contributed by atoms with van der Waals surface area (Å²) in [6.45, 7) is 1.95. The SMILES string of the molecule is Cc1oc(C(=O)N(C)Cc2ccc(O)cc2O)cc1CCl. The van der Waals surface area contributed by atoms with E-state index in [-0.39, 0.29) is 35.6 Å². The van der Waals surface area contributed by atoms with E-state index in [4.69, 9.17) is 16.0 Å². The van der Waals surface area contributed by atoms with Crippen molar-refractivity contribution < 1.29 is 19.4 Å². The van der Waals surface area contributed by atoms with Gasteiger partial charge < -0.3 is 19.5 Å². The summed E-state index contributed by atoms with van der Waals surface area (Å²) in [7, 11) is 1.60. The molecule has 6 heteroatoms. The van der Waals surface area contributed by atoms with E-state index in [1.54, 1.807) is 26.1 Å². The number of rotatable bonds is 4. The first-order valence-corrected chi connectivity index (χ1v) is 6.87. The molecule has 0 aliphatic rings. The van der Waals surface area contributed by atoms with Crippen LogP contribution in [0.4, 0.5) is 0 Å². The van der Waals surface area contributed by atoms with Gasteiger partial charge in [-0.15, -0.1) is 11.6 Å². The van der Waals surface area contributed by atoms with E-state index in [1.807, 2.05) is 0 Å². The van der Waals surface area contributed by atoms with Crippen LogP contribution in [0.1, 0.15) is 27.4 Å². The van der Waals surface area contributed by atoms with E-state index < -0.39 is 0 Å². The Morgan fingerprint density at radius 1 is 1.29 bits per heavy atom. The summed E-state index contributed by atoms with van der Waals surface area (Å²) in [4.78, 5) is 13.7. The topological polar surface area (TPSA) is 73.9 Å². The van der Waals surface area contributed by atoms with Gasteiger partial charge in [-0.1, -0.05) is 0 Å². The molecule has 1 aromatic heterocycles. The van der Waals surface area contributed by atoms with Crippen molar-refractivity contribution >= 4 is 17.5 Å². The Hall–Kier alpha value is -2.14. The van der Waals surface area contributed by atoms with E-state index in [0.29, 0.717) is 11.3 Å². The van der Waals surface area contributed by atoms with Crippen LogP contribution in [0.2, 0.25) is 0 Å². The minimum atomic E-state index is -0.304. The first-order chi connectivity index (χ1) is 9.92. The van der Waals surface area contributed by atoms with Crippen molar-refractivity contribution in [1.82, 2.24) is 4.90 Å². The van der Waals surface area contributed by atoms with Gasteiger partial charge in [0.05, 0.1) is 5.88 Å². The zero-order valence-corrected chi connectivity index (χ0v) is 12.5. The van der Waals surface area contributed by atoms with Crippen LogP contribution in [0.3, 0.4) is 0 Å². The number of hydrogen-bond donors (Lipinski definition) is 2. The lowest BCUT2D eigenvalue weighted by Crippen LogP contribution is -2.25. The second-order valence-corrected chi connectivity index (χ2v) is 5.07. The molecule has 0 saturated heterocycles. The number of phenolic OH excluding ortho intramolecular Hbond substituents is 2. The number of aromatic hydroxyl groups is 2. The third kappa shape index (κ3) is 3.31. The molecule has 0 spiro atoms. The molecule has 0 saturated carbocycles. The predicted molar refractivity (Wildman–Crippen MR) is 78.6 cm³/mol. The Labute approximate surface area is 127 Å². The van der Waals surface area contributed by atoms with Crippen molar-refractivity contribution in [2.24, 2.45) is 0 Å². The van der Waals surface area contributed by atoms with Crippen LogP contribution in [0.15, 0.2) is 28.7 Å². The van der Waals surface area contributed by atoms with E-state index >= 15 is 0 Å². The number of hydrogen-bond acceptors (Lipinski definition) is 4. The first-order valence-electron chi connectivity index (χ1n) is 6.34. The highest BCUT2D eigenvalue weighted by Crippen LogP contribution is 2.24. The molecule has 1 aromatic carbocycles. The van der Waals surface area contributed by atoms with E-state index in [9.17, 15) is 15.0 Å². The standard InChI is InChI=1S/C15H16ClNO4/c1-9-11(7-16)5-14(21-9)15(20)17(2)8-10-3-4-12(18)6-13(10)19/h3-6,18-19H,7-8H2,1-2H3. The van der Waals surface area contributed by atoms with Crippen LogP contribution < -0.4 is 0 Å². The van der Waals surface area contributed by atoms with Gasteiger partial charge in [-0.25, -0.2) is 0 Å². The number of furan rings is 1. The van der Waals surface area contributed by atoms with Crippen molar-refractivity contribution in [2.75, 3.05) is 7.05 Å². The summed E-state index contributed by atoms with van der Waals surface area (Å²) in [5.74, 6) is 0.718. The van der Waals surface area contributed by atoms with E-state index in [0.717, 1.165) is 5.56 Å². The van der Waals surface area contributed by atoms with Crippen LogP contribution in [-0.2, 0) is 12.4 Å². The number of halogens is 1. The number of amides is 1. The molecule has 2 N–H and O–H groups in total. The molecule has 0 bridgehead atoms. The van der Waals surface area contributed by atoms with Crippen LogP contribution in [0.25, 0.3) is 0 Å². The molecule has 112 valence electrons. The quantitative estimate of drug-likeness (QED) is 0.851. The molecule has 0 atom stereocenters. The number of carbonyl (C=O) groups excluding carboxylic acids is 1. The fourth-order valence-electron chi connectivity index (χ4n) is 1.96. The maximum atomic E-state index is 12.3. The molecule has 0 radical (unpaired) electrons. The Kier molecular flexibility index (Phi) is 4.43. The van der Waals surface area contributed by atoms with Crippen molar-refractivity contribution in [3.05, 3.63) is 46.9 Å². The highest BCUT2D eigenvalue weighted by atomic mass is 35.5. The first kappa shape index (κ1) is 15.3. The van der Waals surface area contributed by atoms with E-state index in [2.05, 4.69) is 0 Å². The summed E-state index contributed by atoms with van der Waals surface area (Å²) < 4.78 is 5.40. The minimum absolute atomic E-state index is 0.0290. The van der Waals surface area contributed by atoms with Crippen LogP contribution in [-0.4, -0.2) is 28.1 Å². The molecule has 0 unspecified atom stereocenters. The molecule has 1 amide bonds. The summed E-state index contributed by atoms with van der Waals surface area (Å²) in [5.41, 5.74) is 1.31. The lowest BCUT2D eigenvalue weighted by molar-refractivity contribution is 0.0751. The molecule has 2 rings (SSSR count). The Balaban J connectivity index is 2.15. The highest BCUT2D eigenvalue weighted by Gasteiger charge is 2.19. The van der Waals surface area contributed by atoms with E-state index in [1.165, 1.54) is 17.0 Å².